The fraction of sp³-hybridized carbons (Fsp3) is 0.533. The van der Waals surface area contributed by atoms with Crippen LogP contribution in [-0.2, 0) is 0 Å². The van der Waals surface area contributed by atoms with Crippen LogP contribution in [0.1, 0.15) is 55.8 Å². The van der Waals surface area contributed by atoms with Crippen LogP contribution in [0.15, 0.2) is 22.7 Å². The van der Waals surface area contributed by atoms with E-state index in [0.29, 0.717) is 12.4 Å². The molecule has 0 aliphatic carbocycles. The number of hydrogen-bond donors (Lipinski definition) is 1. The molecule has 1 aromatic carbocycles. The van der Waals surface area contributed by atoms with Gasteiger partial charge in [-0.25, -0.2) is 4.79 Å². The Bertz CT molecular complexity index is 404. The Morgan fingerprint density at radius 3 is 2.58 bits per heavy atom. The summed E-state index contributed by atoms with van der Waals surface area (Å²) in [6.07, 6.45) is 7.25. The van der Waals surface area contributed by atoms with E-state index in [0.717, 1.165) is 17.3 Å². The van der Waals surface area contributed by atoms with Crippen molar-refractivity contribution in [2.24, 2.45) is 0 Å². The van der Waals surface area contributed by atoms with Crippen molar-refractivity contribution in [2.45, 2.75) is 45.4 Å². The average Bonchev–Trinajstić information content (AvgIpc) is 2.39. The molecule has 0 aliphatic rings. The molecule has 3 nitrogen and oxygen atoms in total. The zero-order chi connectivity index (χ0) is 14.1. The molecule has 4 heteroatoms. The van der Waals surface area contributed by atoms with Crippen LogP contribution in [0.4, 0.5) is 0 Å². The van der Waals surface area contributed by atoms with Crippen molar-refractivity contribution >= 4 is 21.9 Å². The van der Waals surface area contributed by atoms with Crippen LogP contribution < -0.4 is 4.74 Å². The number of unbranched alkanes of at least 4 members (excludes halogenated alkanes) is 5. The SMILES string of the molecule is CCCCCCCCOc1cc(C(=O)O)ccc1Br. The first kappa shape index (κ1) is 16.0. The standard InChI is InChI=1S/C15H21BrO3/c1-2-3-4-5-6-7-10-19-14-11-12(15(17)18)8-9-13(14)16/h8-9,11H,2-7,10H2,1H3,(H,17,18). The summed E-state index contributed by atoms with van der Waals surface area (Å²) in [5.74, 6) is -0.328. The largest absolute Gasteiger partial charge is 0.492 e. The highest BCUT2D eigenvalue weighted by Gasteiger charge is 2.07. The molecular weight excluding hydrogens is 308 g/mol. The predicted molar refractivity (Wildman–Crippen MR) is 80.0 cm³/mol. The van der Waals surface area contributed by atoms with Gasteiger partial charge in [-0.15, -0.1) is 0 Å². The molecule has 0 atom stereocenters. The van der Waals surface area contributed by atoms with Crippen molar-refractivity contribution in [1.29, 1.82) is 0 Å². The number of benzene rings is 1. The minimum Gasteiger partial charge on any atom is -0.492 e. The van der Waals surface area contributed by atoms with Gasteiger partial charge in [0.2, 0.25) is 0 Å². The number of aromatic carboxylic acids is 1. The Balaban J connectivity index is 2.32. The Morgan fingerprint density at radius 2 is 1.89 bits per heavy atom. The number of carboxylic acid groups (broad SMARTS) is 1. The van der Waals surface area contributed by atoms with Crippen molar-refractivity contribution < 1.29 is 14.6 Å². The summed E-state index contributed by atoms with van der Waals surface area (Å²) >= 11 is 3.37. The van der Waals surface area contributed by atoms with Gasteiger partial charge in [-0.05, 0) is 40.5 Å². The Morgan fingerprint density at radius 1 is 1.21 bits per heavy atom. The molecule has 1 N–H and O–H groups in total. The maximum atomic E-state index is 10.9. The van der Waals surface area contributed by atoms with Crippen LogP contribution in [0.3, 0.4) is 0 Å². The topological polar surface area (TPSA) is 46.5 Å². The fourth-order valence-electron chi connectivity index (χ4n) is 1.81. The molecule has 0 saturated heterocycles. The van der Waals surface area contributed by atoms with Gasteiger partial charge in [-0.3, -0.25) is 0 Å². The molecule has 1 aromatic rings. The van der Waals surface area contributed by atoms with Gasteiger partial charge in [0.1, 0.15) is 5.75 Å². The van der Waals surface area contributed by atoms with Crippen LogP contribution in [0.2, 0.25) is 0 Å². The zero-order valence-electron chi connectivity index (χ0n) is 11.3. The van der Waals surface area contributed by atoms with Crippen LogP contribution in [-0.4, -0.2) is 17.7 Å². The van der Waals surface area contributed by atoms with E-state index in [9.17, 15) is 4.79 Å². The molecule has 0 heterocycles. The summed E-state index contributed by atoms with van der Waals surface area (Å²) in [5.41, 5.74) is 0.251. The van der Waals surface area contributed by atoms with E-state index in [4.69, 9.17) is 9.84 Å². The van der Waals surface area contributed by atoms with Crippen molar-refractivity contribution in [3.63, 3.8) is 0 Å². The molecule has 0 fully saturated rings. The van der Waals surface area contributed by atoms with E-state index >= 15 is 0 Å². The minimum absolute atomic E-state index is 0.251. The highest BCUT2D eigenvalue weighted by Crippen LogP contribution is 2.26. The van der Waals surface area contributed by atoms with E-state index in [1.54, 1.807) is 18.2 Å². The molecule has 1 rings (SSSR count). The number of rotatable bonds is 9. The Kier molecular flexibility index (Phi) is 7.56. The van der Waals surface area contributed by atoms with E-state index in [2.05, 4.69) is 22.9 Å². The number of halogens is 1. The molecule has 19 heavy (non-hydrogen) atoms. The first-order valence-corrected chi connectivity index (χ1v) is 7.60. The Hall–Kier alpha value is -1.03. The molecule has 0 unspecified atom stereocenters. The summed E-state index contributed by atoms with van der Waals surface area (Å²) in [6, 6.07) is 4.83. The molecule has 106 valence electrons. The minimum atomic E-state index is -0.933. The quantitative estimate of drug-likeness (QED) is 0.656. The number of carboxylic acids is 1. The van der Waals surface area contributed by atoms with Crippen molar-refractivity contribution in [3.05, 3.63) is 28.2 Å². The van der Waals surface area contributed by atoms with Gasteiger partial charge in [0.15, 0.2) is 0 Å². The highest BCUT2D eigenvalue weighted by molar-refractivity contribution is 9.10. The molecule has 0 aromatic heterocycles. The second-order valence-corrected chi connectivity index (χ2v) is 5.42. The summed E-state index contributed by atoms with van der Waals surface area (Å²) < 4.78 is 6.42. The lowest BCUT2D eigenvalue weighted by atomic mass is 10.1. The average molecular weight is 329 g/mol. The lowest BCUT2D eigenvalue weighted by molar-refractivity contribution is 0.0696. The van der Waals surface area contributed by atoms with Crippen molar-refractivity contribution in [1.82, 2.24) is 0 Å². The summed E-state index contributed by atoms with van der Waals surface area (Å²) in [7, 11) is 0. The van der Waals surface area contributed by atoms with Gasteiger partial charge < -0.3 is 9.84 Å². The Labute approximate surface area is 123 Å². The van der Waals surface area contributed by atoms with Crippen molar-refractivity contribution in [2.75, 3.05) is 6.61 Å². The van der Waals surface area contributed by atoms with Crippen LogP contribution in [0, 0.1) is 0 Å². The molecular formula is C15H21BrO3. The fourth-order valence-corrected chi connectivity index (χ4v) is 2.17. The van der Waals surface area contributed by atoms with Gasteiger partial charge in [0.25, 0.3) is 0 Å². The van der Waals surface area contributed by atoms with E-state index < -0.39 is 5.97 Å². The van der Waals surface area contributed by atoms with Gasteiger partial charge in [0.05, 0.1) is 16.6 Å². The van der Waals surface area contributed by atoms with Crippen LogP contribution in [0.5, 0.6) is 5.75 Å². The third-order valence-corrected chi connectivity index (χ3v) is 3.59. The summed E-state index contributed by atoms with van der Waals surface area (Å²) in [6.45, 7) is 2.84. The van der Waals surface area contributed by atoms with Gasteiger partial charge in [-0.1, -0.05) is 39.0 Å². The normalized spacial score (nSPS) is 10.4. The van der Waals surface area contributed by atoms with Crippen molar-refractivity contribution in [3.8, 4) is 5.75 Å². The second kappa shape index (κ2) is 8.97. The lowest BCUT2D eigenvalue weighted by Crippen LogP contribution is -2.01. The first-order chi connectivity index (χ1) is 9.15. The lowest BCUT2D eigenvalue weighted by Gasteiger charge is -2.09. The number of ether oxygens (including phenoxy) is 1. The van der Waals surface area contributed by atoms with E-state index in [-0.39, 0.29) is 5.56 Å². The third kappa shape index (κ3) is 6.10. The molecule has 0 saturated carbocycles. The predicted octanol–water partition coefficient (Wildman–Crippen LogP) is 4.89. The molecule has 0 spiro atoms. The molecule has 0 aliphatic heterocycles. The molecule has 0 radical (unpaired) electrons. The maximum Gasteiger partial charge on any atom is 0.335 e. The molecule has 0 bridgehead atoms. The van der Waals surface area contributed by atoms with Gasteiger partial charge >= 0.3 is 5.97 Å². The smallest absolute Gasteiger partial charge is 0.335 e. The molecule has 0 amide bonds. The number of hydrogen-bond acceptors (Lipinski definition) is 2. The summed E-state index contributed by atoms with van der Waals surface area (Å²) in [5, 5.41) is 8.92. The maximum absolute atomic E-state index is 10.9. The number of carbonyl (C=O) groups is 1. The van der Waals surface area contributed by atoms with E-state index in [1.165, 1.54) is 25.7 Å². The first-order valence-electron chi connectivity index (χ1n) is 6.80. The zero-order valence-corrected chi connectivity index (χ0v) is 12.9. The third-order valence-electron chi connectivity index (χ3n) is 2.93. The van der Waals surface area contributed by atoms with Crippen LogP contribution >= 0.6 is 15.9 Å². The van der Waals surface area contributed by atoms with Gasteiger partial charge in [-0.2, -0.15) is 0 Å². The van der Waals surface area contributed by atoms with E-state index in [1.807, 2.05) is 0 Å². The second-order valence-electron chi connectivity index (χ2n) is 4.57. The summed E-state index contributed by atoms with van der Waals surface area (Å²) in [4.78, 5) is 10.9. The van der Waals surface area contributed by atoms with Crippen LogP contribution in [0.25, 0.3) is 0 Å². The highest BCUT2D eigenvalue weighted by atomic mass is 79.9. The monoisotopic (exact) mass is 328 g/mol. The van der Waals surface area contributed by atoms with Gasteiger partial charge in [0, 0.05) is 0 Å².